The molecule has 0 radical (unpaired) electrons. The molecule has 0 aliphatic heterocycles. The molecule has 2 rings (SSSR count). The molecule has 0 spiro atoms. The van der Waals surface area contributed by atoms with Crippen molar-refractivity contribution in [2.45, 2.75) is 90.3 Å². The number of aliphatic hydroxyl groups is 1. The van der Waals surface area contributed by atoms with Gasteiger partial charge in [-0.3, -0.25) is 4.79 Å². The maximum atomic E-state index is 12.4. The second-order valence-electron chi connectivity index (χ2n) is 8.36. The van der Waals surface area contributed by atoms with Crippen molar-refractivity contribution in [3.8, 4) is 0 Å². The number of hydrogen-bond acceptors (Lipinski definition) is 2. The highest BCUT2D eigenvalue weighted by Gasteiger charge is 2.44. The van der Waals surface area contributed by atoms with Crippen molar-refractivity contribution in [3.05, 3.63) is 11.1 Å². The average Bonchev–Trinajstić information content (AvgIpc) is 2.43. The van der Waals surface area contributed by atoms with Crippen LogP contribution in [-0.2, 0) is 4.79 Å². The Labute approximate surface area is 142 Å². The van der Waals surface area contributed by atoms with Crippen LogP contribution < -0.4 is 0 Å². The molecule has 2 atom stereocenters. The summed E-state index contributed by atoms with van der Waals surface area (Å²) in [5.74, 6) is 0.211. The number of alkyl halides is 3. The minimum atomic E-state index is -4.13. The normalized spacial score (nSPS) is 29.0. The molecule has 0 amide bonds. The van der Waals surface area contributed by atoms with E-state index in [1.807, 2.05) is 0 Å². The summed E-state index contributed by atoms with van der Waals surface area (Å²) in [6.07, 6.45) is -0.110. The lowest BCUT2D eigenvalue weighted by molar-refractivity contribution is -0.135. The van der Waals surface area contributed by atoms with Gasteiger partial charge in [0.1, 0.15) is 0 Å². The second-order valence-corrected chi connectivity index (χ2v) is 8.36. The lowest BCUT2D eigenvalue weighted by Gasteiger charge is -2.46. The van der Waals surface area contributed by atoms with Gasteiger partial charge in [0.05, 0.1) is 5.60 Å². The smallest absolute Gasteiger partial charge is 0.389 e. The van der Waals surface area contributed by atoms with Gasteiger partial charge in [0.25, 0.3) is 0 Å². The summed E-state index contributed by atoms with van der Waals surface area (Å²) in [5.41, 5.74) is 1.06. The van der Waals surface area contributed by atoms with Gasteiger partial charge in [0.15, 0.2) is 5.78 Å². The van der Waals surface area contributed by atoms with Crippen LogP contribution in [0.1, 0.15) is 78.6 Å². The van der Waals surface area contributed by atoms with Gasteiger partial charge in [-0.15, -0.1) is 0 Å². The number of halogens is 3. The van der Waals surface area contributed by atoms with Gasteiger partial charge in [0, 0.05) is 12.8 Å². The first-order valence-electron chi connectivity index (χ1n) is 8.97. The van der Waals surface area contributed by atoms with Gasteiger partial charge >= 0.3 is 6.18 Å². The summed E-state index contributed by atoms with van der Waals surface area (Å²) < 4.78 is 36.9. The van der Waals surface area contributed by atoms with Crippen LogP contribution in [0.5, 0.6) is 0 Å². The molecule has 0 aromatic heterocycles. The summed E-state index contributed by atoms with van der Waals surface area (Å²) in [7, 11) is 0. The summed E-state index contributed by atoms with van der Waals surface area (Å²) in [6.45, 7) is 5.77. The van der Waals surface area contributed by atoms with Gasteiger partial charge in [0.2, 0.25) is 0 Å². The van der Waals surface area contributed by atoms with E-state index in [1.54, 1.807) is 13.8 Å². The van der Waals surface area contributed by atoms with E-state index in [0.717, 1.165) is 30.4 Å². The predicted molar refractivity (Wildman–Crippen MR) is 87.5 cm³/mol. The number of rotatable bonds is 5. The Morgan fingerprint density at radius 3 is 2.46 bits per heavy atom. The van der Waals surface area contributed by atoms with E-state index >= 15 is 0 Å². The van der Waals surface area contributed by atoms with E-state index in [9.17, 15) is 23.1 Å². The molecule has 0 heterocycles. The Hall–Kier alpha value is -0.840. The highest BCUT2D eigenvalue weighted by atomic mass is 19.4. The van der Waals surface area contributed by atoms with Gasteiger partial charge < -0.3 is 5.11 Å². The van der Waals surface area contributed by atoms with E-state index in [4.69, 9.17) is 0 Å². The van der Waals surface area contributed by atoms with Crippen LogP contribution in [0.3, 0.4) is 0 Å². The van der Waals surface area contributed by atoms with Crippen molar-refractivity contribution >= 4 is 5.78 Å². The quantitative estimate of drug-likeness (QED) is 0.682. The molecule has 138 valence electrons. The second kappa shape index (κ2) is 6.81. The minimum Gasteiger partial charge on any atom is -0.390 e. The zero-order chi connectivity index (χ0) is 18.2. The molecule has 2 nitrogen and oxygen atoms in total. The average molecular weight is 346 g/mol. The van der Waals surface area contributed by atoms with E-state index in [0.29, 0.717) is 25.7 Å². The molecule has 0 saturated heterocycles. The fourth-order valence-corrected chi connectivity index (χ4v) is 4.23. The summed E-state index contributed by atoms with van der Waals surface area (Å²) in [6, 6.07) is 0. The highest BCUT2D eigenvalue weighted by molar-refractivity contribution is 5.97. The van der Waals surface area contributed by atoms with Crippen molar-refractivity contribution in [3.63, 3.8) is 0 Å². The number of carbonyl (C=O) groups excluding carboxylic acids is 1. The van der Waals surface area contributed by atoms with E-state index in [-0.39, 0.29) is 23.5 Å². The predicted octanol–water partition coefficient (Wildman–Crippen LogP) is 5.35. The van der Waals surface area contributed by atoms with Crippen LogP contribution in [0.15, 0.2) is 11.1 Å². The topological polar surface area (TPSA) is 37.3 Å². The SMILES string of the molecule is CC(C)(O)[C@@H]1CC[C@]2(C)CCC(=O)C(CCCCC(F)(F)F)=C2C1. The van der Waals surface area contributed by atoms with Crippen LogP contribution in [0.2, 0.25) is 0 Å². The van der Waals surface area contributed by atoms with Crippen molar-refractivity contribution in [2.24, 2.45) is 11.3 Å². The molecular formula is C19H29F3O2. The van der Waals surface area contributed by atoms with Gasteiger partial charge in [-0.1, -0.05) is 12.5 Å². The number of unbranched alkanes of at least 4 members (excludes halogenated alkanes) is 1. The van der Waals surface area contributed by atoms with Gasteiger partial charge in [-0.2, -0.15) is 13.2 Å². The maximum Gasteiger partial charge on any atom is 0.389 e. The summed E-state index contributed by atoms with van der Waals surface area (Å²) in [4.78, 5) is 12.4. The Morgan fingerprint density at radius 2 is 1.88 bits per heavy atom. The Balaban J connectivity index is 2.15. The Bertz CT molecular complexity index is 514. The van der Waals surface area contributed by atoms with Crippen molar-refractivity contribution < 1.29 is 23.1 Å². The third-order valence-electron chi connectivity index (χ3n) is 5.96. The van der Waals surface area contributed by atoms with E-state index in [1.165, 1.54) is 0 Å². The first kappa shape index (κ1) is 19.5. The van der Waals surface area contributed by atoms with Crippen LogP contribution in [0.25, 0.3) is 0 Å². The Kier molecular flexibility index (Phi) is 5.53. The highest BCUT2D eigenvalue weighted by Crippen LogP contribution is 2.52. The molecule has 1 fully saturated rings. The van der Waals surface area contributed by atoms with Gasteiger partial charge in [-0.05, 0) is 75.7 Å². The van der Waals surface area contributed by atoms with E-state index < -0.39 is 18.2 Å². The molecule has 1 saturated carbocycles. The maximum absolute atomic E-state index is 12.4. The number of allylic oxidation sites excluding steroid dienone is 2. The van der Waals surface area contributed by atoms with Crippen LogP contribution in [0.4, 0.5) is 13.2 Å². The van der Waals surface area contributed by atoms with Crippen molar-refractivity contribution in [2.75, 3.05) is 0 Å². The van der Waals surface area contributed by atoms with Crippen molar-refractivity contribution in [1.82, 2.24) is 0 Å². The standard InChI is InChI=1S/C19H29F3O2/c1-17(2,24)13-7-10-18(3)11-8-16(23)14(15(18)12-13)6-4-5-9-19(20,21)22/h13,24H,4-12H2,1-3H3/t13-,18-/m1/s1. The van der Waals surface area contributed by atoms with Crippen LogP contribution in [0, 0.1) is 11.3 Å². The molecule has 2 aliphatic rings. The van der Waals surface area contributed by atoms with Gasteiger partial charge in [-0.25, -0.2) is 0 Å². The van der Waals surface area contributed by atoms with Crippen LogP contribution >= 0.6 is 0 Å². The zero-order valence-corrected chi connectivity index (χ0v) is 14.9. The third-order valence-corrected chi connectivity index (χ3v) is 5.96. The monoisotopic (exact) mass is 346 g/mol. The largest absolute Gasteiger partial charge is 0.390 e. The molecule has 2 aliphatic carbocycles. The first-order chi connectivity index (χ1) is 10.9. The number of fused-ring (bicyclic) bond motifs is 1. The van der Waals surface area contributed by atoms with Crippen molar-refractivity contribution in [1.29, 1.82) is 0 Å². The minimum absolute atomic E-state index is 0.0188. The number of carbonyl (C=O) groups is 1. The molecule has 5 heteroatoms. The fraction of sp³-hybridized carbons (Fsp3) is 0.842. The number of hydrogen-bond donors (Lipinski definition) is 1. The Morgan fingerprint density at radius 1 is 1.21 bits per heavy atom. The molecule has 0 unspecified atom stereocenters. The van der Waals surface area contributed by atoms with Crippen LogP contribution in [-0.4, -0.2) is 22.7 Å². The lowest BCUT2D eigenvalue weighted by atomic mass is 9.59. The number of Topliss-reactive ketones (excluding diaryl/α,β-unsaturated/α-hetero) is 1. The molecule has 0 bridgehead atoms. The summed E-state index contributed by atoms with van der Waals surface area (Å²) in [5, 5.41) is 10.3. The fourth-order valence-electron chi connectivity index (χ4n) is 4.23. The van der Waals surface area contributed by atoms with E-state index in [2.05, 4.69) is 6.92 Å². The third kappa shape index (κ3) is 4.62. The molecular weight excluding hydrogens is 317 g/mol. The molecule has 1 N–H and O–H groups in total. The first-order valence-corrected chi connectivity index (χ1v) is 8.97. The number of ketones is 1. The molecule has 0 aromatic rings. The summed E-state index contributed by atoms with van der Waals surface area (Å²) >= 11 is 0. The zero-order valence-electron chi connectivity index (χ0n) is 14.9. The lowest BCUT2D eigenvalue weighted by Crippen LogP contribution is -2.40. The molecule has 0 aromatic carbocycles. The molecule has 24 heavy (non-hydrogen) atoms.